The maximum atomic E-state index is 13.0. The normalized spacial score (nSPS) is 11.3. The molecule has 0 heterocycles. The van der Waals surface area contributed by atoms with Crippen molar-refractivity contribution >= 4 is 31.6 Å². The smallest absolute Gasteiger partial charge is 0.264 e. The fourth-order valence-electron chi connectivity index (χ4n) is 2.46. The number of nitrogens with zero attached hydrogens (tertiary/aromatic N) is 1. The van der Waals surface area contributed by atoms with Gasteiger partial charge in [0.25, 0.3) is 10.0 Å². The summed E-state index contributed by atoms with van der Waals surface area (Å²) < 4.78 is 33.3. The second-order valence-electron chi connectivity index (χ2n) is 4.95. The van der Waals surface area contributed by atoms with E-state index < -0.39 is 10.0 Å². The largest absolute Gasteiger partial charge is 0.496 e. The van der Waals surface area contributed by atoms with E-state index in [-0.39, 0.29) is 4.90 Å². The van der Waals surface area contributed by atoms with Crippen LogP contribution in [0.15, 0.2) is 51.8 Å². The number of hydrogen-bond donors (Lipinski definition) is 0. The highest BCUT2D eigenvalue weighted by Gasteiger charge is 2.25. The maximum absolute atomic E-state index is 13.0. The van der Waals surface area contributed by atoms with Crippen molar-refractivity contribution in [1.82, 2.24) is 0 Å². The van der Waals surface area contributed by atoms with Crippen molar-refractivity contribution in [2.75, 3.05) is 18.0 Å². The van der Waals surface area contributed by atoms with E-state index in [2.05, 4.69) is 15.9 Å². The summed E-state index contributed by atoms with van der Waals surface area (Å²) in [6.07, 6.45) is 0.772. The van der Waals surface area contributed by atoms with E-state index in [0.717, 1.165) is 17.7 Å². The molecule has 0 atom stereocenters. The molecule has 0 amide bonds. The number of anilines is 1. The summed E-state index contributed by atoms with van der Waals surface area (Å²) in [5.74, 6) is 0.598. The van der Waals surface area contributed by atoms with Crippen LogP contribution >= 0.6 is 15.9 Å². The summed E-state index contributed by atoms with van der Waals surface area (Å²) in [5, 5.41) is 0. The summed E-state index contributed by atoms with van der Waals surface area (Å²) in [6.45, 7) is 4.22. The molecule has 0 N–H and O–H groups in total. The highest BCUT2D eigenvalue weighted by Crippen LogP contribution is 2.31. The highest BCUT2D eigenvalue weighted by atomic mass is 79.9. The lowest BCUT2D eigenvalue weighted by atomic mass is 10.1. The molecule has 0 bridgehead atoms. The Labute approximate surface area is 146 Å². The van der Waals surface area contributed by atoms with Crippen LogP contribution in [0.1, 0.15) is 19.4 Å². The van der Waals surface area contributed by atoms with Gasteiger partial charge in [-0.05, 0) is 59.1 Å². The predicted molar refractivity (Wildman–Crippen MR) is 96.7 cm³/mol. The average molecular weight is 398 g/mol. The molecule has 0 aliphatic heterocycles. The number of rotatable bonds is 6. The molecule has 0 aliphatic carbocycles. The number of para-hydroxylation sites is 1. The first-order chi connectivity index (χ1) is 11.0. The molecule has 0 unspecified atom stereocenters. The molecule has 2 aromatic carbocycles. The van der Waals surface area contributed by atoms with Gasteiger partial charge < -0.3 is 4.74 Å². The number of sulfonamides is 1. The van der Waals surface area contributed by atoms with Crippen molar-refractivity contribution in [3.63, 3.8) is 0 Å². The number of aryl methyl sites for hydroxylation is 1. The third-order valence-electron chi connectivity index (χ3n) is 3.64. The number of benzene rings is 2. The lowest BCUT2D eigenvalue weighted by molar-refractivity contribution is 0.411. The van der Waals surface area contributed by atoms with Crippen molar-refractivity contribution in [3.05, 3.63) is 52.5 Å². The molecule has 2 aromatic rings. The first kappa shape index (κ1) is 17.8. The SMILES string of the molecule is CCc1ccccc1N(CC)S(=O)(=O)c1ccc(OC)c(Br)c1. The van der Waals surface area contributed by atoms with Crippen LogP contribution in [-0.2, 0) is 16.4 Å². The summed E-state index contributed by atoms with van der Waals surface area (Å²) in [4.78, 5) is 0.234. The molecule has 0 saturated carbocycles. The first-order valence-corrected chi connectivity index (χ1v) is 9.63. The standard InChI is InChI=1S/C17H20BrNO3S/c1-4-13-8-6-7-9-16(13)19(5-2)23(20,21)14-10-11-17(22-3)15(18)12-14/h6-12H,4-5H2,1-3H3. The van der Waals surface area contributed by atoms with Crippen LogP contribution in [0.5, 0.6) is 5.75 Å². The van der Waals surface area contributed by atoms with Crippen LogP contribution in [0.25, 0.3) is 0 Å². The van der Waals surface area contributed by atoms with Gasteiger partial charge in [-0.3, -0.25) is 4.31 Å². The Balaban J connectivity index is 2.53. The molecule has 0 radical (unpaired) electrons. The van der Waals surface area contributed by atoms with Crippen LogP contribution in [-0.4, -0.2) is 22.1 Å². The van der Waals surface area contributed by atoms with E-state index in [0.29, 0.717) is 16.8 Å². The quantitative estimate of drug-likeness (QED) is 0.732. The Morgan fingerprint density at radius 3 is 2.39 bits per heavy atom. The minimum Gasteiger partial charge on any atom is -0.496 e. The molecule has 0 aromatic heterocycles. The van der Waals surface area contributed by atoms with Gasteiger partial charge in [0.2, 0.25) is 0 Å². The topological polar surface area (TPSA) is 46.6 Å². The van der Waals surface area contributed by atoms with Crippen LogP contribution in [0.3, 0.4) is 0 Å². The second-order valence-corrected chi connectivity index (χ2v) is 7.67. The third-order valence-corrected chi connectivity index (χ3v) is 6.14. The molecular formula is C17H20BrNO3S. The minimum absolute atomic E-state index is 0.234. The van der Waals surface area contributed by atoms with E-state index >= 15 is 0 Å². The van der Waals surface area contributed by atoms with Crippen LogP contribution in [0.2, 0.25) is 0 Å². The van der Waals surface area contributed by atoms with Crippen molar-refractivity contribution < 1.29 is 13.2 Å². The third kappa shape index (κ3) is 3.53. The minimum atomic E-state index is -3.64. The van der Waals surface area contributed by atoms with Gasteiger partial charge in [0.15, 0.2) is 0 Å². The van der Waals surface area contributed by atoms with E-state index in [4.69, 9.17) is 4.74 Å². The predicted octanol–water partition coefficient (Wildman–Crippen LogP) is 4.24. The van der Waals surface area contributed by atoms with E-state index in [1.165, 1.54) is 4.31 Å². The van der Waals surface area contributed by atoms with E-state index in [1.807, 2.05) is 38.1 Å². The summed E-state index contributed by atoms with van der Waals surface area (Å²) >= 11 is 3.35. The maximum Gasteiger partial charge on any atom is 0.264 e. The highest BCUT2D eigenvalue weighted by molar-refractivity contribution is 9.10. The van der Waals surface area contributed by atoms with Gasteiger partial charge >= 0.3 is 0 Å². The monoisotopic (exact) mass is 397 g/mol. The molecule has 2 rings (SSSR count). The Morgan fingerprint density at radius 1 is 1.13 bits per heavy atom. The van der Waals surface area contributed by atoms with Gasteiger partial charge in [0.05, 0.1) is 22.2 Å². The number of halogens is 1. The Morgan fingerprint density at radius 2 is 1.83 bits per heavy atom. The van der Waals surface area contributed by atoms with Gasteiger partial charge in [-0.25, -0.2) is 8.42 Å². The van der Waals surface area contributed by atoms with Crippen LogP contribution in [0.4, 0.5) is 5.69 Å². The first-order valence-electron chi connectivity index (χ1n) is 7.39. The van der Waals surface area contributed by atoms with E-state index in [9.17, 15) is 8.42 Å². The van der Waals surface area contributed by atoms with Crippen molar-refractivity contribution in [1.29, 1.82) is 0 Å². The fraction of sp³-hybridized carbons (Fsp3) is 0.294. The van der Waals surface area contributed by atoms with Crippen molar-refractivity contribution in [2.24, 2.45) is 0 Å². The van der Waals surface area contributed by atoms with Gasteiger partial charge in [0, 0.05) is 6.54 Å². The average Bonchev–Trinajstić information content (AvgIpc) is 2.55. The zero-order chi connectivity index (χ0) is 17.0. The lowest BCUT2D eigenvalue weighted by Crippen LogP contribution is -2.31. The van der Waals surface area contributed by atoms with Crippen molar-refractivity contribution in [2.45, 2.75) is 25.2 Å². The van der Waals surface area contributed by atoms with Gasteiger partial charge in [-0.15, -0.1) is 0 Å². The summed E-state index contributed by atoms with van der Waals surface area (Å²) in [7, 11) is -2.09. The number of ether oxygens (including phenoxy) is 1. The van der Waals surface area contributed by atoms with Gasteiger partial charge in [-0.1, -0.05) is 25.1 Å². The summed E-state index contributed by atoms with van der Waals surface area (Å²) in [5.41, 5.74) is 1.73. The Kier molecular flexibility index (Phi) is 5.70. The fourth-order valence-corrected chi connectivity index (χ4v) is 4.69. The summed E-state index contributed by atoms with van der Waals surface area (Å²) in [6, 6.07) is 12.4. The molecule has 6 heteroatoms. The van der Waals surface area contributed by atoms with Gasteiger partial charge in [0.1, 0.15) is 5.75 Å². The second kappa shape index (κ2) is 7.36. The number of hydrogen-bond acceptors (Lipinski definition) is 3. The molecule has 23 heavy (non-hydrogen) atoms. The zero-order valence-corrected chi connectivity index (χ0v) is 15.8. The molecule has 0 spiro atoms. The molecule has 124 valence electrons. The Hall–Kier alpha value is -1.53. The number of methoxy groups -OCH3 is 1. The molecular weight excluding hydrogens is 378 g/mol. The van der Waals surface area contributed by atoms with E-state index in [1.54, 1.807) is 25.3 Å². The van der Waals surface area contributed by atoms with Crippen LogP contribution < -0.4 is 9.04 Å². The van der Waals surface area contributed by atoms with Crippen LogP contribution in [0, 0.1) is 0 Å². The molecule has 0 aliphatic rings. The van der Waals surface area contributed by atoms with Crippen molar-refractivity contribution in [3.8, 4) is 5.75 Å². The van der Waals surface area contributed by atoms with Gasteiger partial charge in [-0.2, -0.15) is 0 Å². The molecule has 0 fully saturated rings. The molecule has 0 saturated heterocycles. The zero-order valence-electron chi connectivity index (χ0n) is 13.4. The molecule has 4 nitrogen and oxygen atoms in total. The Bertz CT molecular complexity index is 790. The lowest BCUT2D eigenvalue weighted by Gasteiger charge is -2.25.